The lowest BCUT2D eigenvalue weighted by molar-refractivity contribution is 0.408. The van der Waals surface area contributed by atoms with E-state index in [1.165, 1.54) is 22.3 Å². The molecule has 0 fully saturated rings. The molecule has 0 aromatic heterocycles. The summed E-state index contributed by atoms with van der Waals surface area (Å²) in [7, 11) is 1.73. The van der Waals surface area contributed by atoms with Crippen LogP contribution in [0, 0.1) is 0 Å². The van der Waals surface area contributed by atoms with E-state index < -0.39 is 0 Å². The molecule has 3 aromatic rings. The molecule has 0 radical (unpaired) electrons. The Bertz CT molecular complexity index is 864. The Balaban J connectivity index is 2.30. The highest BCUT2D eigenvalue weighted by Crippen LogP contribution is 2.40. The van der Waals surface area contributed by atoms with Crippen LogP contribution in [0.4, 0.5) is 0 Å². The van der Waals surface area contributed by atoms with Crippen molar-refractivity contribution in [2.24, 2.45) is 0 Å². The monoisotopic (exact) mass is 340 g/mol. The van der Waals surface area contributed by atoms with Gasteiger partial charge in [0.1, 0.15) is 5.75 Å². The summed E-state index contributed by atoms with van der Waals surface area (Å²) in [5.41, 5.74) is 8.87. The summed E-state index contributed by atoms with van der Waals surface area (Å²) in [5, 5.41) is 0. The average Bonchev–Trinajstić information content (AvgIpc) is 2.70. The summed E-state index contributed by atoms with van der Waals surface area (Å²) < 4.78 is 5.85. The van der Waals surface area contributed by atoms with Crippen molar-refractivity contribution in [2.45, 2.75) is 19.3 Å². The van der Waals surface area contributed by atoms with Crippen LogP contribution < -0.4 is 4.74 Å². The minimum absolute atomic E-state index is 0.107. The van der Waals surface area contributed by atoms with E-state index >= 15 is 0 Å². The second-order valence-corrected chi connectivity index (χ2v) is 6.26. The van der Waals surface area contributed by atoms with E-state index in [4.69, 9.17) is 4.74 Å². The molecule has 3 rings (SSSR count). The van der Waals surface area contributed by atoms with Crippen molar-refractivity contribution in [3.8, 4) is 5.75 Å². The molecule has 26 heavy (non-hydrogen) atoms. The highest BCUT2D eigenvalue weighted by molar-refractivity contribution is 5.64. The van der Waals surface area contributed by atoms with Gasteiger partial charge in [-0.15, -0.1) is 5.73 Å². The molecule has 0 heterocycles. The molecule has 0 saturated heterocycles. The van der Waals surface area contributed by atoms with Gasteiger partial charge in [-0.05, 0) is 35.3 Å². The number of aryl methyl sites for hydroxylation is 1. The van der Waals surface area contributed by atoms with Crippen molar-refractivity contribution < 1.29 is 4.74 Å². The predicted octanol–water partition coefficient (Wildman–Crippen LogP) is 6.24. The van der Waals surface area contributed by atoms with Crippen molar-refractivity contribution >= 4 is 6.08 Å². The maximum absolute atomic E-state index is 5.85. The zero-order valence-corrected chi connectivity index (χ0v) is 15.4. The lowest BCUT2D eigenvalue weighted by atomic mass is 9.83. The number of ether oxygens (including phenoxy) is 1. The highest BCUT2D eigenvalue weighted by atomic mass is 16.5. The quantitative estimate of drug-likeness (QED) is 0.381. The molecular weight excluding hydrogens is 316 g/mol. The Morgan fingerprint density at radius 1 is 0.962 bits per heavy atom. The number of methoxy groups -OCH3 is 1. The molecule has 0 spiro atoms. The van der Waals surface area contributed by atoms with Crippen molar-refractivity contribution in [3.63, 3.8) is 0 Å². The smallest absolute Gasteiger partial charge is 0.130 e. The Morgan fingerprint density at radius 3 is 2.00 bits per heavy atom. The van der Waals surface area contributed by atoms with Crippen molar-refractivity contribution in [3.05, 3.63) is 113 Å². The molecule has 130 valence electrons. The van der Waals surface area contributed by atoms with Gasteiger partial charge in [-0.25, -0.2) is 0 Å². The van der Waals surface area contributed by atoms with Crippen LogP contribution in [0.1, 0.15) is 40.7 Å². The van der Waals surface area contributed by atoms with Crippen LogP contribution in [0.5, 0.6) is 5.75 Å². The number of rotatable bonds is 6. The van der Waals surface area contributed by atoms with Gasteiger partial charge in [0.15, 0.2) is 0 Å². The first kappa shape index (κ1) is 17.8. The minimum Gasteiger partial charge on any atom is -0.496 e. The third kappa shape index (κ3) is 3.64. The van der Waals surface area contributed by atoms with Gasteiger partial charge in [0.2, 0.25) is 0 Å². The molecule has 0 aliphatic heterocycles. The standard InChI is InChI=1S/C25H24O/c1-4-12-22-17-19(5-2)18-23(25(22)26-3)24(20-13-8-6-9-14-20)21-15-10-7-11-16-21/h6-18,24H,1,5H2,2-3H3. The second-order valence-electron chi connectivity index (χ2n) is 6.26. The van der Waals surface area contributed by atoms with E-state index in [1.807, 2.05) is 6.08 Å². The number of hydrogen-bond acceptors (Lipinski definition) is 1. The van der Waals surface area contributed by atoms with Crippen LogP contribution in [0.25, 0.3) is 6.08 Å². The van der Waals surface area contributed by atoms with Crippen LogP contribution in [-0.4, -0.2) is 7.11 Å². The molecule has 0 aliphatic carbocycles. The highest BCUT2D eigenvalue weighted by Gasteiger charge is 2.22. The Morgan fingerprint density at radius 2 is 1.54 bits per heavy atom. The molecular formula is C25H24O. The van der Waals surface area contributed by atoms with Gasteiger partial charge >= 0.3 is 0 Å². The first-order chi connectivity index (χ1) is 12.8. The van der Waals surface area contributed by atoms with Crippen molar-refractivity contribution in [1.82, 2.24) is 0 Å². The predicted molar refractivity (Wildman–Crippen MR) is 110 cm³/mol. The second kappa shape index (κ2) is 8.38. The van der Waals surface area contributed by atoms with Gasteiger partial charge in [-0.1, -0.05) is 80.2 Å². The van der Waals surface area contributed by atoms with E-state index in [9.17, 15) is 0 Å². The molecule has 0 N–H and O–H groups in total. The fourth-order valence-corrected chi connectivity index (χ4v) is 3.45. The largest absolute Gasteiger partial charge is 0.496 e. The topological polar surface area (TPSA) is 9.23 Å². The van der Waals surface area contributed by atoms with Gasteiger partial charge in [0.05, 0.1) is 7.11 Å². The molecule has 0 amide bonds. The van der Waals surface area contributed by atoms with Crippen LogP contribution in [-0.2, 0) is 6.42 Å². The Hall–Kier alpha value is -3.02. The van der Waals surface area contributed by atoms with Crippen LogP contribution in [0.2, 0.25) is 0 Å². The maximum Gasteiger partial charge on any atom is 0.130 e. The van der Waals surface area contributed by atoms with Gasteiger partial charge in [-0.3, -0.25) is 0 Å². The van der Waals surface area contributed by atoms with E-state index in [1.54, 1.807) is 7.11 Å². The average molecular weight is 340 g/mol. The summed E-state index contributed by atoms with van der Waals surface area (Å²) in [5.74, 6) is 0.992. The summed E-state index contributed by atoms with van der Waals surface area (Å²) in [6.45, 7) is 5.92. The molecule has 3 aromatic carbocycles. The lowest BCUT2D eigenvalue weighted by Crippen LogP contribution is -2.07. The lowest BCUT2D eigenvalue weighted by Gasteiger charge is -2.23. The summed E-state index contributed by atoms with van der Waals surface area (Å²) in [6, 6.07) is 25.6. The third-order valence-electron chi connectivity index (χ3n) is 4.65. The molecule has 0 saturated carbocycles. The summed E-state index contributed by atoms with van der Waals surface area (Å²) in [4.78, 5) is 0. The number of hydrogen-bond donors (Lipinski definition) is 0. The summed E-state index contributed by atoms with van der Waals surface area (Å²) in [6.07, 6.45) is 2.86. The van der Waals surface area contributed by atoms with E-state index in [0.717, 1.165) is 17.7 Å². The molecule has 1 heteroatoms. The molecule has 0 bridgehead atoms. The SMILES string of the molecule is C=C=Cc1cc(CC)cc(C(c2ccccc2)c2ccccc2)c1OC. The van der Waals surface area contributed by atoms with E-state index in [0.29, 0.717) is 0 Å². The third-order valence-corrected chi connectivity index (χ3v) is 4.65. The minimum atomic E-state index is 0.107. The van der Waals surface area contributed by atoms with E-state index in [2.05, 4.69) is 92.0 Å². The molecule has 0 unspecified atom stereocenters. The van der Waals surface area contributed by atoms with Crippen molar-refractivity contribution in [2.75, 3.05) is 7.11 Å². The Kier molecular flexibility index (Phi) is 5.73. The first-order valence-electron chi connectivity index (χ1n) is 8.95. The van der Waals surface area contributed by atoms with Crippen LogP contribution in [0.3, 0.4) is 0 Å². The van der Waals surface area contributed by atoms with Gasteiger partial charge in [-0.2, -0.15) is 0 Å². The van der Waals surface area contributed by atoms with E-state index in [-0.39, 0.29) is 5.92 Å². The fraction of sp³-hybridized carbons (Fsp3) is 0.160. The fourth-order valence-electron chi connectivity index (χ4n) is 3.45. The molecule has 1 nitrogen and oxygen atoms in total. The van der Waals surface area contributed by atoms with Gasteiger partial charge in [0, 0.05) is 17.0 Å². The van der Waals surface area contributed by atoms with Crippen molar-refractivity contribution in [1.29, 1.82) is 0 Å². The van der Waals surface area contributed by atoms with Gasteiger partial charge in [0.25, 0.3) is 0 Å². The van der Waals surface area contributed by atoms with Crippen LogP contribution >= 0.6 is 0 Å². The zero-order valence-electron chi connectivity index (χ0n) is 15.4. The van der Waals surface area contributed by atoms with Gasteiger partial charge < -0.3 is 4.74 Å². The first-order valence-corrected chi connectivity index (χ1v) is 8.95. The maximum atomic E-state index is 5.85. The zero-order chi connectivity index (χ0) is 18.4. The molecule has 0 atom stereocenters. The normalized spacial score (nSPS) is 10.4. The Labute approximate surface area is 156 Å². The summed E-state index contributed by atoms with van der Waals surface area (Å²) >= 11 is 0. The molecule has 0 aliphatic rings. The number of benzene rings is 3. The van der Waals surface area contributed by atoms with Crippen LogP contribution in [0.15, 0.2) is 85.1 Å².